The van der Waals surface area contributed by atoms with Crippen LogP contribution >= 0.6 is 11.6 Å². The maximum Gasteiger partial charge on any atom is 0.251 e. The van der Waals surface area contributed by atoms with E-state index in [1.54, 1.807) is 19.2 Å². The lowest BCUT2D eigenvalue weighted by molar-refractivity contribution is 0.0956. The fraction of sp³-hybridized carbons (Fsp3) is 0.500. The molecule has 0 aromatic heterocycles. The molecule has 0 saturated heterocycles. The van der Waals surface area contributed by atoms with Crippen molar-refractivity contribution in [2.75, 3.05) is 33.4 Å². The predicted octanol–water partition coefficient (Wildman–Crippen LogP) is 3.18. The summed E-state index contributed by atoms with van der Waals surface area (Å²) in [6.07, 6.45) is 5.04. The lowest BCUT2D eigenvalue weighted by Crippen LogP contribution is -2.29. The van der Waals surface area contributed by atoms with E-state index in [-0.39, 0.29) is 5.91 Å². The van der Waals surface area contributed by atoms with Gasteiger partial charge < -0.3 is 20.1 Å². The SMILES string of the molecule is CCCCOc1c(Cl)cc(C(=O)NCC2=CCNCC2)cc1OC. The van der Waals surface area contributed by atoms with Gasteiger partial charge in [0.15, 0.2) is 11.5 Å². The summed E-state index contributed by atoms with van der Waals surface area (Å²) in [5.74, 6) is 0.796. The summed E-state index contributed by atoms with van der Waals surface area (Å²) in [5.41, 5.74) is 1.70. The van der Waals surface area contributed by atoms with Crippen LogP contribution in [-0.2, 0) is 0 Å². The molecule has 0 bridgehead atoms. The van der Waals surface area contributed by atoms with Gasteiger partial charge in [0.1, 0.15) is 0 Å². The van der Waals surface area contributed by atoms with Gasteiger partial charge in [0.25, 0.3) is 5.91 Å². The molecular weight excluding hydrogens is 328 g/mol. The van der Waals surface area contributed by atoms with Crippen LogP contribution in [0.4, 0.5) is 0 Å². The molecule has 1 aliphatic heterocycles. The van der Waals surface area contributed by atoms with Crippen molar-refractivity contribution >= 4 is 17.5 Å². The molecule has 6 heteroatoms. The highest BCUT2D eigenvalue weighted by Crippen LogP contribution is 2.36. The fourth-order valence-corrected chi connectivity index (χ4v) is 2.70. The van der Waals surface area contributed by atoms with E-state index in [1.807, 2.05) is 0 Å². The number of hydrogen-bond acceptors (Lipinski definition) is 4. The van der Waals surface area contributed by atoms with Gasteiger partial charge in [0.2, 0.25) is 0 Å². The van der Waals surface area contributed by atoms with E-state index in [4.69, 9.17) is 21.1 Å². The van der Waals surface area contributed by atoms with E-state index in [0.29, 0.717) is 35.2 Å². The first-order chi connectivity index (χ1) is 11.7. The quantitative estimate of drug-likeness (QED) is 0.557. The summed E-state index contributed by atoms with van der Waals surface area (Å²) in [4.78, 5) is 12.4. The number of methoxy groups -OCH3 is 1. The van der Waals surface area contributed by atoms with Crippen molar-refractivity contribution in [2.24, 2.45) is 0 Å². The van der Waals surface area contributed by atoms with Gasteiger partial charge in [0, 0.05) is 18.7 Å². The molecule has 1 amide bonds. The minimum atomic E-state index is -0.172. The smallest absolute Gasteiger partial charge is 0.251 e. The summed E-state index contributed by atoms with van der Waals surface area (Å²) in [7, 11) is 1.54. The van der Waals surface area contributed by atoms with E-state index in [2.05, 4.69) is 23.6 Å². The molecule has 0 unspecified atom stereocenters. The van der Waals surface area contributed by atoms with Crippen molar-refractivity contribution in [3.8, 4) is 11.5 Å². The van der Waals surface area contributed by atoms with Gasteiger partial charge in [-0.05, 0) is 31.5 Å². The first-order valence-corrected chi connectivity index (χ1v) is 8.70. The Morgan fingerprint density at radius 3 is 2.92 bits per heavy atom. The van der Waals surface area contributed by atoms with Gasteiger partial charge in [-0.1, -0.05) is 36.6 Å². The highest BCUT2D eigenvalue weighted by atomic mass is 35.5. The number of nitrogens with one attached hydrogen (secondary N) is 2. The Morgan fingerprint density at radius 1 is 1.42 bits per heavy atom. The second kappa shape index (κ2) is 9.55. The topological polar surface area (TPSA) is 59.6 Å². The maximum atomic E-state index is 12.4. The third-order valence-corrected chi connectivity index (χ3v) is 4.15. The van der Waals surface area contributed by atoms with Gasteiger partial charge in [-0.25, -0.2) is 0 Å². The summed E-state index contributed by atoms with van der Waals surface area (Å²) in [6, 6.07) is 3.29. The second-order valence-corrected chi connectivity index (χ2v) is 6.10. The monoisotopic (exact) mass is 352 g/mol. The molecule has 1 aromatic carbocycles. The molecule has 1 heterocycles. The Morgan fingerprint density at radius 2 is 2.25 bits per heavy atom. The van der Waals surface area contributed by atoms with E-state index >= 15 is 0 Å². The van der Waals surface area contributed by atoms with Crippen LogP contribution in [0.2, 0.25) is 5.02 Å². The molecule has 1 aromatic rings. The number of amides is 1. The van der Waals surface area contributed by atoms with Crippen LogP contribution in [0.1, 0.15) is 36.5 Å². The zero-order chi connectivity index (χ0) is 17.4. The van der Waals surface area contributed by atoms with E-state index in [1.165, 1.54) is 5.57 Å². The molecule has 0 saturated carbocycles. The molecule has 0 radical (unpaired) electrons. The third kappa shape index (κ3) is 5.14. The van der Waals surface area contributed by atoms with Crippen LogP contribution < -0.4 is 20.1 Å². The molecule has 0 spiro atoms. The Balaban J connectivity index is 2.05. The highest BCUT2D eigenvalue weighted by molar-refractivity contribution is 6.32. The van der Waals surface area contributed by atoms with E-state index in [9.17, 15) is 4.79 Å². The van der Waals surface area contributed by atoms with Crippen molar-refractivity contribution in [2.45, 2.75) is 26.2 Å². The highest BCUT2D eigenvalue weighted by Gasteiger charge is 2.16. The third-order valence-electron chi connectivity index (χ3n) is 3.87. The molecule has 132 valence electrons. The second-order valence-electron chi connectivity index (χ2n) is 5.69. The van der Waals surface area contributed by atoms with Crippen molar-refractivity contribution in [1.82, 2.24) is 10.6 Å². The van der Waals surface area contributed by atoms with Gasteiger partial charge in [0.05, 0.1) is 18.7 Å². The molecule has 5 nitrogen and oxygen atoms in total. The number of carbonyl (C=O) groups is 1. The zero-order valence-corrected chi connectivity index (χ0v) is 15.0. The minimum Gasteiger partial charge on any atom is -0.493 e. The average Bonchev–Trinajstić information content (AvgIpc) is 2.61. The van der Waals surface area contributed by atoms with Crippen LogP contribution in [0.3, 0.4) is 0 Å². The first kappa shape index (κ1) is 18.6. The first-order valence-electron chi connectivity index (χ1n) is 8.32. The molecule has 0 fully saturated rings. The fourth-order valence-electron chi connectivity index (χ4n) is 2.44. The summed E-state index contributed by atoms with van der Waals surface area (Å²) in [6.45, 7) is 5.02. The summed E-state index contributed by atoms with van der Waals surface area (Å²) < 4.78 is 11.0. The Hall–Kier alpha value is -1.72. The van der Waals surface area contributed by atoms with Crippen molar-refractivity contribution in [3.63, 3.8) is 0 Å². The molecule has 2 N–H and O–H groups in total. The minimum absolute atomic E-state index is 0.172. The molecule has 2 rings (SSSR count). The summed E-state index contributed by atoms with van der Waals surface area (Å²) in [5, 5.41) is 6.56. The van der Waals surface area contributed by atoms with E-state index < -0.39 is 0 Å². The van der Waals surface area contributed by atoms with Crippen LogP contribution in [-0.4, -0.2) is 39.3 Å². The number of ether oxygens (including phenoxy) is 2. The van der Waals surface area contributed by atoms with Crippen molar-refractivity contribution in [1.29, 1.82) is 0 Å². The average molecular weight is 353 g/mol. The molecule has 0 aliphatic carbocycles. The number of unbranched alkanes of at least 4 members (excludes halogenated alkanes) is 1. The molecular formula is C18H25ClN2O3. The number of benzene rings is 1. The number of hydrogen-bond donors (Lipinski definition) is 2. The maximum absolute atomic E-state index is 12.4. The van der Waals surface area contributed by atoms with Crippen LogP contribution in [0.15, 0.2) is 23.8 Å². The molecule has 1 aliphatic rings. The lowest BCUT2D eigenvalue weighted by Gasteiger charge is -2.16. The number of rotatable bonds is 8. The summed E-state index contributed by atoms with van der Waals surface area (Å²) >= 11 is 6.28. The molecule has 24 heavy (non-hydrogen) atoms. The number of halogens is 1. The van der Waals surface area contributed by atoms with Crippen molar-refractivity contribution in [3.05, 3.63) is 34.4 Å². The van der Waals surface area contributed by atoms with Gasteiger partial charge >= 0.3 is 0 Å². The van der Waals surface area contributed by atoms with Gasteiger partial charge in [-0.15, -0.1) is 0 Å². The normalized spacial score (nSPS) is 14.0. The van der Waals surface area contributed by atoms with Crippen LogP contribution in [0, 0.1) is 0 Å². The lowest BCUT2D eigenvalue weighted by atomic mass is 10.1. The largest absolute Gasteiger partial charge is 0.493 e. The Kier molecular flexibility index (Phi) is 7.40. The standard InChI is InChI=1S/C18H25ClN2O3/c1-3-4-9-24-17-15(19)10-14(11-16(17)23-2)18(22)21-12-13-5-7-20-8-6-13/h5,10-11,20H,3-4,6-9,12H2,1-2H3,(H,21,22). The van der Waals surface area contributed by atoms with Crippen LogP contribution in [0.25, 0.3) is 0 Å². The predicted molar refractivity (Wildman–Crippen MR) is 96.3 cm³/mol. The van der Waals surface area contributed by atoms with Gasteiger partial charge in [-0.2, -0.15) is 0 Å². The number of carbonyl (C=O) groups excluding carboxylic acids is 1. The van der Waals surface area contributed by atoms with Crippen LogP contribution in [0.5, 0.6) is 11.5 Å². The molecule has 0 atom stereocenters. The zero-order valence-electron chi connectivity index (χ0n) is 14.3. The van der Waals surface area contributed by atoms with Crippen molar-refractivity contribution < 1.29 is 14.3 Å². The Labute approximate surface area is 148 Å². The van der Waals surface area contributed by atoms with Gasteiger partial charge in [-0.3, -0.25) is 4.79 Å². The Bertz CT molecular complexity index is 602. The van der Waals surface area contributed by atoms with E-state index in [0.717, 1.165) is 32.4 Å².